The van der Waals surface area contributed by atoms with Crippen molar-refractivity contribution in [1.29, 1.82) is 0 Å². The lowest BCUT2D eigenvalue weighted by atomic mass is 10.0. The molecule has 1 unspecified atom stereocenters. The van der Waals surface area contributed by atoms with E-state index in [-0.39, 0.29) is 42.8 Å². The summed E-state index contributed by atoms with van der Waals surface area (Å²) < 4.78 is 100. The fourth-order valence-electron chi connectivity index (χ4n) is 4.91. The number of rotatable bonds is 16. The molecule has 0 aliphatic rings. The summed E-state index contributed by atoms with van der Waals surface area (Å²) in [6.07, 6.45) is -1.89. The minimum absolute atomic E-state index is 0.0200. The molecule has 0 saturated heterocycles. The minimum atomic E-state index is -5.18. The van der Waals surface area contributed by atoms with Crippen molar-refractivity contribution in [1.82, 2.24) is 24.3 Å². The lowest BCUT2D eigenvalue weighted by Crippen LogP contribution is -2.34. The maximum Gasteiger partial charge on any atom is 0.425 e. The molecule has 0 aliphatic heterocycles. The van der Waals surface area contributed by atoms with Crippen LogP contribution < -0.4 is 15.9 Å². The standard InChI is InChI=1S/C33H39F6N5O6Si/c1-32(2,47)21-15-40-28(41-16-21)24-13-20-8-10-43(29(45)23(20)14-25(24)34)9-6-7-22(18-49-31(35)36)50-26-17-42-44(19-48-11-12-51(3,4)5)30(46)27(26)33(37,38)39/h8,10,13-17,22,31,47H,6-7,9,11-12,18-19H2,1-5H3. The lowest BCUT2D eigenvalue weighted by Gasteiger charge is -2.22. The molecule has 4 aromatic rings. The molecule has 0 bridgehead atoms. The van der Waals surface area contributed by atoms with Gasteiger partial charge in [-0.3, -0.25) is 9.59 Å². The average Bonchev–Trinajstić information content (AvgIpc) is 3.02. The van der Waals surface area contributed by atoms with E-state index in [4.69, 9.17) is 9.47 Å². The molecule has 18 heteroatoms. The molecule has 51 heavy (non-hydrogen) atoms. The maximum absolute atomic E-state index is 15.2. The topological polar surface area (TPSA) is 131 Å². The van der Waals surface area contributed by atoms with Gasteiger partial charge in [0.1, 0.15) is 18.7 Å². The second-order valence-electron chi connectivity index (χ2n) is 13.6. The van der Waals surface area contributed by atoms with Crippen LogP contribution in [0, 0.1) is 5.82 Å². The molecule has 1 aromatic carbocycles. The molecule has 3 heterocycles. The van der Waals surface area contributed by atoms with Gasteiger partial charge in [-0.1, -0.05) is 19.6 Å². The van der Waals surface area contributed by atoms with Gasteiger partial charge in [0.05, 0.1) is 29.4 Å². The van der Waals surface area contributed by atoms with Crippen LogP contribution in [-0.4, -0.2) is 63.4 Å². The van der Waals surface area contributed by atoms with Crippen molar-refractivity contribution in [2.45, 2.75) is 90.1 Å². The number of ether oxygens (including phenoxy) is 3. The molecular formula is C33H39F6N5O6Si. The third-order valence-electron chi connectivity index (χ3n) is 7.79. The number of aliphatic hydroxyl groups is 1. The molecule has 0 amide bonds. The summed E-state index contributed by atoms with van der Waals surface area (Å²) in [5, 5.41) is 14.2. The highest BCUT2D eigenvalue weighted by atomic mass is 28.3. The molecule has 3 aromatic heterocycles. The molecule has 11 nitrogen and oxygen atoms in total. The van der Waals surface area contributed by atoms with Crippen LogP contribution in [0.2, 0.25) is 25.7 Å². The number of halogens is 6. The minimum Gasteiger partial charge on any atom is -0.485 e. The van der Waals surface area contributed by atoms with Gasteiger partial charge in [-0.25, -0.2) is 19.0 Å². The van der Waals surface area contributed by atoms with Gasteiger partial charge in [0, 0.05) is 45.4 Å². The van der Waals surface area contributed by atoms with Crippen molar-refractivity contribution in [3.05, 3.63) is 80.6 Å². The number of pyridine rings is 1. The number of aromatic nitrogens is 5. The third-order valence-corrected chi connectivity index (χ3v) is 9.50. The number of aryl methyl sites for hydroxylation is 1. The summed E-state index contributed by atoms with van der Waals surface area (Å²) in [4.78, 5) is 34.3. The Morgan fingerprint density at radius 1 is 1.02 bits per heavy atom. The van der Waals surface area contributed by atoms with Crippen LogP contribution in [0.1, 0.15) is 37.8 Å². The molecule has 1 atom stereocenters. The van der Waals surface area contributed by atoms with E-state index >= 15 is 4.39 Å². The van der Waals surface area contributed by atoms with Crippen molar-refractivity contribution >= 4 is 18.8 Å². The van der Waals surface area contributed by atoms with Crippen LogP contribution in [0.5, 0.6) is 5.75 Å². The van der Waals surface area contributed by atoms with Crippen LogP contribution in [0.4, 0.5) is 26.3 Å². The van der Waals surface area contributed by atoms with Crippen molar-refractivity contribution < 1.29 is 45.7 Å². The molecule has 1 N–H and O–H groups in total. The monoisotopic (exact) mass is 743 g/mol. The van der Waals surface area contributed by atoms with Crippen LogP contribution in [0.25, 0.3) is 22.2 Å². The second kappa shape index (κ2) is 16.0. The Bertz CT molecular complexity index is 1920. The lowest BCUT2D eigenvalue weighted by molar-refractivity contribution is -0.150. The summed E-state index contributed by atoms with van der Waals surface area (Å²) in [6, 6.07) is 4.69. The highest BCUT2D eigenvalue weighted by molar-refractivity contribution is 6.76. The zero-order chi connectivity index (χ0) is 37.7. The average molecular weight is 744 g/mol. The molecule has 0 aliphatic carbocycles. The second-order valence-corrected chi connectivity index (χ2v) is 19.2. The predicted molar refractivity (Wildman–Crippen MR) is 178 cm³/mol. The van der Waals surface area contributed by atoms with Gasteiger partial charge in [-0.05, 0) is 56.3 Å². The summed E-state index contributed by atoms with van der Waals surface area (Å²) in [5.74, 6) is -1.71. The Balaban J connectivity index is 1.51. The first-order valence-corrected chi connectivity index (χ1v) is 19.6. The molecule has 278 valence electrons. The Kier molecular flexibility index (Phi) is 12.5. The van der Waals surface area contributed by atoms with Gasteiger partial charge in [0.2, 0.25) is 0 Å². The van der Waals surface area contributed by atoms with E-state index in [1.54, 1.807) is 19.9 Å². The Morgan fingerprint density at radius 3 is 2.31 bits per heavy atom. The van der Waals surface area contributed by atoms with Crippen molar-refractivity contribution in [2.24, 2.45) is 0 Å². The Hall–Kier alpha value is -4.13. The van der Waals surface area contributed by atoms with E-state index in [0.29, 0.717) is 27.9 Å². The Morgan fingerprint density at radius 2 is 1.71 bits per heavy atom. The predicted octanol–water partition coefficient (Wildman–Crippen LogP) is 6.18. The molecule has 0 saturated carbocycles. The van der Waals surface area contributed by atoms with Crippen molar-refractivity contribution in [3.63, 3.8) is 0 Å². The number of nitrogens with zero attached hydrogens (tertiary/aromatic N) is 5. The first-order valence-electron chi connectivity index (χ1n) is 15.9. The summed E-state index contributed by atoms with van der Waals surface area (Å²) in [6.45, 7) is 4.90. The largest absolute Gasteiger partial charge is 0.485 e. The zero-order valence-electron chi connectivity index (χ0n) is 28.6. The van der Waals surface area contributed by atoms with Crippen LogP contribution >= 0.6 is 0 Å². The van der Waals surface area contributed by atoms with E-state index in [9.17, 15) is 36.6 Å². The Labute approximate surface area is 289 Å². The number of hydrogen-bond acceptors (Lipinski definition) is 9. The van der Waals surface area contributed by atoms with Gasteiger partial charge < -0.3 is 23.9 Å². The highest BCUT2D eigenvalue weighted by Crippen LogP contribution is 2.34. The number of fused-ring (bicyclic) bond motifs is 1. The van der Waals surface area contributed by atoms with E-state index < -0.39 is 74.2 Å². The van der Waals surface area contributed by atoms with Gasteiger partial charge in [-0.15, -0.1) is 0 Å². The first kappa shape index (κ1) is 39.6. The quantitative estimate of drug-likeness (QED) is 0.0813. The van der Waals surface area contributed by atoms with Crippen LogP contribution in [0.15, 0.2) is 52.6 Å². The van der Waals surface area contributed by atoms with E-state index in [2.05, 4.69) is 39.4 Å². The van der Waals surface area contributed by atoms with Crippen LogP contribution in [0.3, 0.4) is 0 Å². The van der Waals surface area contributed by atoms with E-state index in [0.717, 1.165) is 6.07 Å². The SMILES string of the molecule is CC(C)(O)c1cnc(-c2cc3ccn(CCCC(COC(F)F)Oc4cnn(COCC[Si](C)(C)C)c(=O)c4C(F)(F)F)c(=O)c3cc2F)nc1. The molecular weight excluding hydrogens is 704 g/mol. The van der Waals surface area contributed by atoms with Gasteiger partial charge >= 0.3 is 12.8 Å². The van der Waals surface area contributed by atoms with E-state index in [1.165, 1.54) is 29.2 Å². The summed E-state index contributed by atoms with van der Waals surface area (Å²) in [7, 11) is -1.51. The number of alkyl halides is 5. The van der Waals surface area contributed by atoms with Crippen molar-refractivity contribution in [2.75, 3.05) is 13.2 Å². The van der Waals surface area contributed by atoms with Crippen LogP contribution in [-0.2, 0) is 34.5 Å². The number of hydrogen-bond donors (Lipinski definition) is 1. The fourth-order valence-corrected chi connectivity index (χ4v) is 5.66. The third kappa shape index (κ3) is 10.7. The summed E-state index contributed by atoms with van der Waals surface area (Å²) >= 11 is 0. The van der Waals surface area contributed by atoms with Crippen molar-refractivity contribution in [3.8, 4) is 17.1 Å². The molecule has 4 rings (SSSR count). The normalized spacial score (nSPS) is 13.3. The molecule has 0 fully saturated rings. The van der Waals surface area contributed by atoms with E-state index in [1.807, 2.05) is 0 Å². The van der Waals surface area contributed by atoms with Gasteiger partial charge in [0.15, 0.2) is 17.1 Å². The fraction of sp³-hybridized carbons (Fsp3) is 0.485. The van der Waals surface area contributed by atoms with Gasteiger partial charge in [0.25, 0.3) is 11.1 Å². The highest BCUT2D eigenvalue weighted by Gasteiger charge is 2.40. The van der Waals surface area contributed by atoms with Gasteiger partial charge in [-0.2, -0.15) is 27.1 Å². The maximum atomic E-state index is 15.2. The smallest absolute Gasteiger partial charge is 0.425 e. The number of benzene rings is 1. The molecule has 0 spiro atoms. The summed E-state index contributed by atoms with van der Waals surface area (Å²) in [5.41, 5.74) is -4.56. The molecule has 0 radical (unpaired) electrons. The first-order chi connectivity index (χ1) is 23.7. The zero-order valence-corrected chi connectivity index (χ0v) is 29.6.